The largest absolute Gasteiger partial charge is 0.522 e. The number of alkyl halides is 3. The van der Waals surface area contributed by atoms with Gasteiger partial charge in [-0.25, -0.2) is 0 Å². The lowest BCUT2D eigenvalue weighted by atomic mass is 9.92. The van der Waals surface area contributed by atoms with Crippen molar-refractivity contribution in [1.82, 2.24) is 10.5 Å². The van der Waals surface area contributed by atoms with Crippen LogP contribution < -0.4 is 5.32 Å². The van der Waals surface area contributed by atoms with E-state index in [1.54, 1.807) is 18.2 Å². The van der Waals surface area contributed by atoms with Gasteiger partial charge < -0.3 is 14.6 Å². The van der Waals surface area contributed by atoms with E-state index in [4.69, 9.17) is 20.9 Å². The molecule has 30 heavy (non-hydrogen) atoms. The SMILES string of the molecule is C=C(CCc1cc(-c2ccc(Cl)cc2)no1)NC(=O)CO[C@H]1C[C@@H](OC(F)(F)F)C1. The number of aromatic nitrogens is 1. The van der Waals surface area contributed by atoms with E-state index in [1.165, 1.54) is 0 Å². The quantitative estimate of drug-likeness (QED) is 0.610. The zero-order valence-electron chi connectivity index (χ0n) is 15.9. The van der Waals surface area contributed by atoms with Gasteiger partial charge in [0.1, 0.15) is 18.1 Å². The van der Waals surface area contributed by atoms with E-state index in [0.717, 1.165) is 5.56 Å². The lowest BCUT2D eigenvalue weighted by molar-refractivity contribution is -0.357. The van der Waals surface area contributed by atoms with Gasteiger partial charge in [0.15, 0.2) is 0 Å². The molecule has 10 heteroatoms. The average Bonchev–Trinajstić information content (AvgIpc) is 3.10. The Kier molecular flexibility index (Phi) is 7.17. The van der Waals surface area contributed by atoms with Crippen molar-refractivity contribution in [3.05, 3.63) is 53.4 Å². The number of hydrogen-bond donors (Lipinski definition) is 1. The molecule has 1 amide bonds. The lowest BCUT2D eigenvalue weighted by Gasteiger charge is -2.34. The minimum Gasteiger partial charge on any atom is -0.368 e. The second-order valence-electron chi connectivity index (χ2n) is 6.93. The van der Waals surface area contributed by atoms with Crippen molar-refractivity contribution in [3.63, 3.8) is 0 Å². The first-order valence-corrected chi connectivity index (χ1v) is 9.61. The van der Waals surface area contributed by atoms with E-state index in [-0.39, 0.29) is 19.4 Å². The molecule has 0 atom stereocenters. The third-order valence-corrected chi connectivity index (χ3v) is 4.74. The molecule has 1 aromatic heterocycles. The first-order valence-electron chi connectivity index (χ1n) is 9.23. The number of benzene rings is 1. The molecule has 1 aliphatic rings. The summed E-state index contributed by atoms with van der Waals surface area (Å²) in [5.41, 5.74) is 2.02. The summed E-state index contributed by atoms with van der Waals surface area (Å²) in [5.74, 6) is 0.219. The third kappa shape index (κ3) is 6.86. The van der Waals surface area contributed by atoms with Gasteiger partial charge in [-0.15, -0.1) is 13.2 Å². The Bertz CT molecular complexity index is 877. The van der Waals surface area contributed by atoms with Crippen LogP contribution in [0.4, 0.5) is 13.2 Å². The maximum absolute atomic E-state index is 12.1. The van der Waals surface area contributed by atoms with Crippen LogP contribution in [0.2, 0.25) is 5.02 Å². The minimum absolute atomic E-state index is 0.106. The fourth-order valence-electron chi connectivity index (χ4n) is 2.89. The Morgan fingerprint density at radius 2 is 1.97 bits per heavy atom. The second-order valence-corrected chi connectivity index (χ2v) is 7.36. The van der Waals surface area contributed by atoms with Crippen LogP contribution in [0.25, 0.3) is 11.3 Å². The van der Waals surface area contributed by atoms with Crippen LogP contribution in [0, 0.1) is 0 Å². The molecule has 0 aliphatic heterocycles. The maximum Gasteiger partial charge on any atom is 0.522 e. The molecule has 1 aliphatic carbocycles. The standard InChI is InChI=1S/C20H20ClF3N2O4/c1-12(25-19(27)11-28-16-8-17(9-16)29-20(22,23)24)2-7-15-10-18(26-30-15)13-3-5-14(21)6-4-13/h3-6,10,16-17H,1-2,7-9,11H2,(H,25,27)/t16-,17+. The Labute approximate surface area is 176 Å². The number of carbonyl (C=O) groups excluding carboxylic acids is 1. The summed E-state index contributed by atoms with van der Waals surface area (Å²) in [4.78, 5) is 11.9. The van der Waals surface area contributed by atoms with Crippen LogP contribution in [-0.2, 0) is 20.7 Å². The molecule has 1 fully saturated rings. The number of carbonyl (C=O) groups is 1. The molecule has 1 heterocycles. The second kappa shape index (κ2) is 9.63. The zero-order valence-corrected chi connectivity index (χ0v) is 16.6. The molecular weight excluding hydrogens is 425 g/mol. The summed E-state index contributed by atoms with van der Waals surface area (Å²) in [7, 11) is 0. The van der Waals surface area contributed by atoms with Gasteiger partial charge in [-0.1, -0.05) is 35.5 Å². The van der Waals surface area contributed by atoms with E-state index < -0.39 is 24.5 Å². The van der Waals surface area contributed by atoms with Gasteiger partial charge in [0.25, 0.3) is 0 Å². The molecule has 6 nitrogen and oxygen atoms in total. The normalized spacial score (nSPS) is 18.7. The Morgan fingerprint density at radius 3 is 2.63 bits per heavy atom. The molecule has 0 unspecified atom stereocenters. The molecule has 0 saturated heterocycles. The predicted molar refractivity (Wildman–Crippen MR) is 102 cm³/mol. The van der Waals surface area contributed by atoms with Crippen LogP contribution in [0.1, 0.15) is 25.0 Å². The van der Waals surface area contributed by atoms with Gasteiger partial charge in [0.2, 0.25) is 5.91 Å². The molecule has 162 valence electrons. The summed E-state index contributed by atoms with van der Waals surface area (Å²) < 4.78 is 50.6. The fraction of sp³-hybridized carbons (Fsp3) is 0.400. The molecule has 2 aromatic rings. The molecule has 1 saturated carbocycles. The van der Waals surface area contributed by atoms with Gasteiger partial charge in [-0.05, 0) is 18.6 Å². The zero-order chi connectivity index (χ0) is 21.7. The topological polar surface area (TPSA) is 73.6 Å². The van der Waals surface area contributed by atoms with Crippen molar-refractivity contribution >= 4 is 17.5 Å². The van der Waals surface area contributed by atoms with Crippen LogP contribution in [0.3, 0.4) is 0 Å². The van der Waals surface area contributed by atoms with Crippen LogP contribution >= 0.6 is 11.6 Å². The number of nitrogens with one attached hydrogen (secondary N) is 1. The number of rotatable bonds is 9. The number of amides is 1. The van der Waals surface area contributed by atoms with E-state index in [2.05, 4.69) is 21.8 Å². The summed E-state index contributed by atoms with van der Waals surface area (Å²) in [6, 6.07) is 9.00. The van der Waals surface area contributed by atoms with Gasteiger partial charge in [-0.2, -0.15) is 0 Å². The first-order chi connectivity index (χ1) is 14.2. The summed E-state index contributed by atoms with van der Waals surface area (Å²) in [6.45, 7) is 3.53. The van der Waals surface area contributed by atoms with Crippen molar-refractivity contribution in [2.45, 2.75) is 44.3 Å². The summed E-state index contributed by atoms with van der Waals surface area (Å²) in [5, 5.41) is 7.24. The molecule has 1 N–H and O–H groups in total. The highest BCUT2D eigenvalue weighted by Crippen LogP contribution is 2.32. The van der Waals surface area contributed by atoms with E-state index >= 15 is 0 Å². The van der Waals surface area contributed by atoms with Gasteiger partial charge >= 0.3 is 6.36 Å². The van der Waals surface area contributed by atoms with Crippen molar-refractivity contribution < 1.29 is 32.0 Å². The predicted octanol–water partition coefficient (Wildman–Crippen LogP) is 4.64. The minimum atomic E-state index is -4.65. The van der Waals surface area contributed by atoms with Crippen LogP contribution in [-0.4, -0.2) is 36.2 Å². The number of nitrogens with zero attached hydrogens (tertiary/aromatic N) is 1. The number of hydrogen-bond acceptors (Lipinski definition) is 5. The van der Waals surface area contributed by atoms with Crippen LogP contribution in [0.15, 0.2) is 47.1 Å². The highest BCUT2D eigenvalue weighted by molar-refractivity contribution is 6.30. The average molecular weight is 445 g/mol. The smallest absolute Gasteiger partial charge is 0.368 e. The molecule has 3 rings (SSSR count). The van der Waals surface area contributed by atoms with Gasteiger partial charge in [-0.3, -0.25) is 9.53 Å². The maximum atomic E-state index is 12.1. The highest BCUT2D eigenvalue weighted by atomic mass is 35.5. The molecule has 1 aromatic carbocycles. The Morgan fingerprint density at radius 1 is 1.27 bits per heavy atom. The molecular formula is C20H20ClF3N2O4. The van der Waals surface area contributed by atoms with Crippen molar-refractivity contribution in [2.75, 3.05) is 6.61 Å². The van der Waals surface area contributed by atoms with Crippen molar-refractivity contribution in [2.24, 2.45) is 0 Å². The number of aryl methyl sites for hydroxylation is 1. The monoisotopic (exact) mass is 444 g/mol. The fourth-order valence-corrected chi connectivity index (χ4v) is 3.02. The number of halogens is 4. The number of allylic oxidation sites excluding steroid dienone is 1. The van der Waals surface area contributed by atoms with Crippen molar-refractivity contribution in [3.8, 4) is 11.3 Å². The number of ether oxygens (including phenoxy) is 2. The van der Waals surface area contributed by atoms with Gasteiger partial charge in [0.05, 0.1) is 12.2 Å². The summed E-state index contributed by atoms with van der Waals surface area (Å²) in [6.07, 6.45) is -4.84. The Balaban J connectivity index is 1.33. The van der Waals surface area contributed by atoms with Gasteiger partial charge in [0, 0.05) is 41.6 Å². The molecule has 0 bridgehead atoms. The van der Waals surface area contributed by atoms with E-state index in [1.807, 2.05) is 12.1 Å². The van der Waals surface area contributed by atoms with E-state index in [0.29, 0.717) is 35.0 Å². The van der Waals surface area contributed by atoms with E-state index in [9.17, 15) is 18.0 Å². The summed E-state index contributed by atoms with van der Waals surface area (Å²) >= 11 is 5.87. The van der Waals surface area contributed by atoms with Crippen molar-refractivity contribution in [1.29, 1.82) is 0 Å². The van der Waals surface area contributed by atoms with Crippen LogP contribution in [0.5, 0.6) is 0 Å². The third-order valence-electron chi connectivity index (χ3n) is 4.49. The molecule has 0 radical (unpaired) electrons. The Hall–Kier alpha value is -2.36. The molecule has 0 spiro atoms. The highest BCUT2D eigenvalue weighted by Gasteiger charge is 2.40. The lowest BCUT2D eigenvalue weighted by Crippen LogP contribution is -2.42. The first kappa shape index (κ1) is 22.3.